The number of halogens is 1. The van der Waals surface area contributed by atoms with E-state index in [-0.39, 0.29) is 0 Å². The SMILES string of the molecule is Nc1cc(C#Cc2cnn3ccc(-c4cc[c]c(Cl)c4)nc23)ccn1. The number of hydrogen-bond donors (Lipinski definition) is 1. The summed E-state index contributed by atoms with van der Waals surface area (Å²) in [5.74, 6) is 6.58. The highest BCUT2D eigenvalue weighted by Crippen LogP contribution is 2.21. The van der Waals surface area contributed by atoms with Crippen molar-refractivity contribution in [2.24, 2.45) is 0 Å². The molecule has 0 spiro atoms. The van der Waals surface area contributed by atoms with E-state index in [1.165, 1.54) is 0 Å². The van der Waals surface area contributed by atoms with E-state index in [9.17, 15) is 0 Å². The quantitative estimate of drug-likeness (QED) is 0.538. The summed E-state index contributed by atoms with van der Waals surface area (Å²) in [6.45, 7) is 0. The molecule has 4 rings (SSSR count). The Morgan fingerprint density at radius 2 is 2.08 bits per heavy atom. The highest BCUT2D eigenvalue weighted by Gasteiger charge is 2.07. The van der Waals surface area contributed by atoms with Crippen LogP contribution in [0.25, 0.3) is 16.9 Å². The van der Waals surface area contributed by atoms with Gasteiger partial charge in [-0.05, 0) is 24.3 Å². The predicted octanol–water partition coefficient (Wildman–Crippen LogP) is 3.23. The zero-order chi connectivity index (χ0) is 17.2. The van der Waals surface area contributed by atoms with Crippen LogP contribution in [0, 0.1) is 17.9 Å². The molecule has 119 valence electrons. The van der Waals surface area contributed by atoms with Crippen molar-refractivity contribution >= 4 is 23.1 Å². The summed E-state index contributed by atoms with van der Waals surface area (Å²) in [7, 11) is 0. The molecule has 25 heavy (non-hydrogen) atoms. The molecule has 6 heteroatoms. The summed E-state index contributed by atoms with van der Waals surface area (Å²) in [5, 5.41) is 4.83. The molecule has 1 aromatic carbocycles. The van der Waals surface area contributed by atoms with E-state index in [1.807, 2.05) is 24.4 Å². The first-order chi connectivity index (χ1) is 12.2. The minimum Gasteiger partial charge on any atom is -0.384 e. The molecule has 1 radical (unpaired) electrons. The average molecular weight is 345 g/mol. The Hall–Kier alpha value is -3.36. The lowest BCUT2D eigenvalue weighted by Crippen LogP contribution is -1.92. The van der Waals surface area contributed by atoms with Gasteiger partial charge in [-0.2, -0.15) is 5.10 Å². The van der Waals surface area contributed by atoms with Gasteiger partial charge in [0.1, 0.15) is 5.82 Å². The number of hydrogen-bond acceptors (Lipinski definition) is 4. The maximum Gasteiger partial charge on any atom is 0.171 e. The second kappa shape index (κ2) is 6.27. The third kappa shape index (κ3) is 3.16. The molecule has 0 saturated heterocycles. The molecule has 0 atom stereocenters. The zero-order valence-electron chi connectivity index (χ0n) is 12.9. The van der Waals surface area contributed by atoms with E-state index in [0.29, 0.717) is 16.5 Å². The third-order valence-corrected chi connectivity index (χ3v) is 3.77. The van der Waals surface area contributed by atoms with Gasteiger partial charge in [-0.3, -0.25) is 0 Å². The zero-order valence-corrected chi connectivity index (χ0v) is 13.7. The van der Waals surface area contributed by atoms with Crippen molar-refractivity contribution in [2.75, 3.05) is 5.73 Å². The molecule has 3 aromatic heterocycles. The lowest BCUT2D eigenvalue weighted by atomic mass is 10.1. The molecule has 4 aromatic rings. The van der Waals surface area contributed by atoms with Gasteiger partial charge in [-0.1, -0.05) is 35.6 Å². The van der Waals surface area contributed by atoms with E-state index >= 15 is 0 Å². The number of fused-ring (bicyclic) bond motifs is 1. The predicted molar refractivity (Wildman–Crippen MR) is 96.9 cm³/mol. The Morgan fingerprint density at radius 1 is 1.16 bits per heavy atom. The summed E-state index contributed by atoms with van der Waals surface area (Å²) in [4.78, 5) is 8.62. The maximum atomic E-state index is 6.01. The first kappa shape index (κ1) is 15.2. The van der Waals surface area contributed by atoms with Crippen LogP contribution in [0.15, 0.2) is 55.0 Å². The molecule has 3 heterocycles. The number of nitrogen functional groups attached to an aromatic ring is 1. The lowest BCUT2D eigenvalue weighted by molar-refractivity contribution is 0.941. The lowest BCUT2D eigenvalue weighted by Gasteiger charge is -2.02. The summed E-state index contributed by atoms with van der Waals surface area (Å²) in [6, 6.07) is 13.8. The molecule has 0 aliphatic heterocycles. The van der Waals surface area contributed by atoms with Crippen molar-refractivity contribution in [1.82, 2.24) is 19.6 Å². The van der Waals surface area contributed by atoms with Gasteiger partial charge in [-0.25, -0.2) is 14.5 Å². The Morgan fingerprint density at radius 3 is 2.92 bits per heavy atom. The summed E-state index contributed by atoms with van der Waals surface area (Å²) in [6.07, 6.45) is 5.16. The molecule has 2 N–H and O–H groups in total. The molecule has 0 amide bonds. The monoisotopic (exact) mass is 344 g/mol. The van der Waals surface area contributed by atoms with Gasteiger partial charge in [0.15, 0.2) is 5.65 Å². The topological polar surface area (TPSA) is 69.1 Å². The van der Waals surface area contributed by atoms with Crippen molar-refractivity contribution in [3.05, 3.63) is 77.2 Å². The smallest absolute Gasteiger partial charge is 0.171 e. The van der Waals surface area contributed by atoms with Gasteiger partial charge >= 0.3 is 0 Å². The summed E-state index contributed by atoms with van der Waals surface area (Å²) in [5.41, 5.74) is 9.57. The second-order valence-corrected chi connectivity index (χ2v) is 5.69. The number of benzene rings is 1. The Kier molecular flexibility index (Phi) is 3.81. The highest BCUT2D eigenvalue weighted by molar-refractivity contribution is 6.30. The standard InChI is InChI=1S/C19H11ClN5/c20-16-3-1-2-14(11-16)17-7-9-25-19(24-17)15(12-23-25)5-4-13-6-8-22-18(21)10-13/h1-2,6-12H,(H2,21,22). The van der Waals surface area contributed by atoms with Gasteiger partial charge < -0.3 is 5.73 Å². The number of nitrogens with zero attached hydrogens (tertiary/aromatic N) is 4. The molecular weight excluding hydrogens is 334 g/mol. The molecular formula is C19H11ClN5. The fourth-order valence-corrected chi connectivity index (χ4v) is 2.56. The van der Waals surface area contributed by atoms with Crippen molar-refractivity contribution in [3.63, 3.8) is 0 Å². The van der Waals surface area contributed by atoms with Crippen LogP contribution in [0.4, 0.5) is 5.82 Å². The van der Waals surface area contributed by atoms with Crippen LogP contribution in [-0.2, 0) is 0 Å². The minimum absolute atomic E-state index is 0.435. The molecule has 0 bridgehead atoms. The van der Waals surface area contributed by atoms with Crippen molar-refractivity contribution in [2.45, 2.75) is 0 Å². The molecule has 0 unspecified atom stereocenters. The first-order valence-corrected chi connectivity index (χ1v) is 7.82. The van der Waals surface area contributed by atoms with E-state index < -0.39 is 0 Å². The fourth-order valence-electron chi connectivity index (χ4n) is 2.38. The van der Waals surface area contributed by atoms with Crippen LogP contribution in [0.1, 0.15) is 11.1 Å². The minimum atomic E-state index is 0.435. The Bertz CT molecular complexity index is 1140. The van der Waals surface area contributed by atoms with E-state index in [0.717, 1.165) is 22.4 Å². The van der Waals surface area contributed by atoms with Gasteiger partial charge in [0, 0.05) is 34.6 Å². The van der Waals surface area contributed by atoms with Gasteiger partial charge in [0.25, 0.3) is 0 Å². The highest BCUT2D eigenvalue weighted by atomic mass is 35.5. The van der Waals surface area contributed by atoms with Crippen LogP contribution in [0.3, 0.4) is 0 Å². The maximum absolute atomic E-state index is 6.01. The molecule has 0 aliphatic rings. The first-order valence-electron chi connectivity index (χ1n) is 7.44. The number of nitrogens with two attached hydrogens (primary N) is 1. The number of rotatable bonds is 1. The average Bonchev–Trinajstić information content (AvgIpc) is 3.02. The van der Waals surface area contributed by atoms with E-state index in [1.54, 1.807) is 35.1 Å². The van der Waals surface area contributed by atoms with Crippen molar-refractivity contribution in [1.29, 1.82) is 0 Å². The van der Waals surface area contributed by atoms with Crippen LogP contribution in [0.5, 0.6) is 0 Å². The normalized spacial score (nSPS) is 10.4. The molecule has 5 nitrogen and oxygen atoms in total. The van der Waals surface area contributed by atoms with E-state index in [4.69, 9.17) is 17.3 Å². The number of anilines is 1. The summed E-state index contributed by atoms with van der Waals surface area (Å²) < 4.78 is 1.69. The number of pyridine rings is 1. The van der Waals surface area contributed by atoms with Gasteiger partial charge in [0.2, 0.25) is 0 Å². The summed E-state index contributed by atoms with van der Waals surface area (Å²) >= 11 is 6.01. The number of aromatic nitrogens is 4. The van der Waals surface area contributed by atoms with Crippen LogP contribution in [-0.4, -0.2) is 19.6 Å². The van der Waals surface area contributed by atoms with Crippen molar-refractivity contribution < 1.29 is 0 Å². The van der Waals surface area contributed by atoms with Gasteiger partial charge in [0.05, 0.1) is 17.5 Å². The third-order valence-electron chi connectivity index (χ3n) is 3.55. The Labute approximate surface area is 149 Å². The Balaban J connectivity index is 1.77. The molecule has 0 fully saturated rings. The van der Waals surface area contributed by atoms with Crippen LogP contribution >= 0.6 is 11.6 Å². The fraction of sp³-hybridized carbons (Fsp3) is 0. The van der Waals surface area contributed by atoms with E-state index in [2.05, 4.69) is 33.0 Å². The van der Waals surface area contributed by atoms with Gasteiger partial charge in [-0.15, -0.1) is 0 Å². The molecule has 0 aliphatic carbocycles. The van der Waals surface area contributed by atoms with Crippen LogP contribution in [0.2, 0.25) is 5.02 Å². The van der Waals surface area contributed by atoms with Crippen molar-refractivity contribution in [3.8, 4) is 23.1 Å². The largest absolute Gasteiger partial charge is 0.384 e. The van der Waals surface area contributed by atoms with Crippen LogP contribution < -0.4 is 5.73 Å². The second-order valence-electron chi connectivity index (χ2n) is 5.28. The molecule has 0 saturated carbocycles.